The van der Waals surface area contributed by atoms with Gasteiger partial charge in [0.1, 0.15) is 5.69 Å². The van der Waals surface area contributed by atoms with Crippen molar-refractivity contribution in [2.24, 2.45) is 0 Å². The number of amides is 1. The Bertz CT molecular complexity index is 655. The molecule has 6 nitrogen and oxygen atoms in total. The smallest absolute Gasteiger partial charge is 0.272 e. The Morgan fingerprint density at radius 2 is 2.14 bits per heavy atom. The molecule has 1 atom stereocenters. The van der Waals surface area contributed by atoms with Gasteiger partial charge >= 0.3 is 0 Å². The second kappa shape index (κ2) is 5.29. The number of rotatable bonds is 4. The highest BCUT2D eigenvalue weighted by molar-refractivity contribution is 7.91. The van der Waals surface area contributed by atoms with Crippen LogP contribution in [-0.2, 0) is 9.84 Å². The first-order valence-corrected chi connectivity index (χ1v) is 8.97. The lowest BCUT2D eigenvalue weighted by Gasteiger charge is -2.23. The van der Waals surface area contributed by atoms with Crippen LogP contribution in [-0.4, -0.2) is 54.8 Å². The van der Waals surface area contributed by atoms with Gasteiger partial charge in [-0.15, -0.1) is 0 Å². The van der Waals surface area contributed by atoms with Crippen LogP contribution in [0.25, 0.3) is 0 Å². The highest BCUT2D eigenvalue weighted by atomic mass is 32.2. The van der Waals surface area contributed by atoms with Crippen molar-refractivity contribution in [3.8, 4) is 0 Å². The largest absolute Gasteiger partial charge is 0.382 e. The third-order valence-corrected chi connectivity index (χ3v) is 5.75. The standard InChI is InChI=1S/C14H19N3O3S/c1-17(12-5-7-21(19,20)9-12)14(18)13-8-11(4-6-15-13)16-10-2-3-10/h4,6,8,10,12H,2-3,5,7,9H2,1H3,(H,15,16). The minimum absolute atomic E-state index is 0.0508. The second-order valence-corrected chi connectivity index (χ2v) is 8.05. The van der Waals surface area contributed by atoms with Crippen LogP contribution < -0.4 is 5.32 Å². The van der Waals surface area contributed by atoms with E-state index in [1.165, 1.54) is 4.90 Å². The lowest BCUT2D eigenvalue weighted by Crippen LogP contribution is -2.38. The molecule has 1 aliphatic heterocycles. The van der Waals surface area contributed by atoms with Crippen molar-refractivity contribution in [2.75, 3.05) is 23.9 Å². The Balaban J connectivity index is 1.72. The van der Waals surface area contributed by atoms with Crippen LogP contribution >= 0.6 is 0 Å². The molecule has 21 heavy (non-hydrogen) atoms. The summed E-state index contributed by atoms with van der Waals surface area (Å²) in [6, 6.07) is 3.84. The van der Waals surface area contributed by atoms with E-state index >= 15 is 0 Å². The fraction of sp³-hybridized carbons (Fsp3) is 0.571. The van der Waals surface area contributed by atoms with Gasteiger partial charge in [0.2, 0.25) is 0 Å². The van der Waals surface area contributed by atoms with Crippen molar-refractivity contribution < 1.29 is 13.2 Å². The summed E-state index contributed by atoms with van der Waals surface area (Å²) in [4.78, 5) is 18.1. The molecule has 3 rings (SSSR count). The summed E-state index contributed by atoms with van der Waals surface area (Å²) < 4.78 is 23.0. The molecule has 1 unspecified atom stereocenters. The van der Waals surface area contributed by atoms with E-state index in [4.69, 9.17) is 0 Å². The summed E-state index contributed by atoms with van der Waals surface area (Å²) in [6.45, 7) is 0. The monoisotopic (exact) mass is 309 g/mol. The first-order valence-electron chi connectivity index (χ1n) is 7.15. The van der Waals surface area contributed by atoms with Crippen LogP contribution in [0.1, 0.15) is 29.8 Å². The van der Waals surface area contributed by atoms with Crippen LogP contribution in [0.4, 0.5) is 5.69 Å². The molecule has 114 valence electrons. The molecule has 2 aliphatic rings. The highest BCUT2D eigenvalue weighted by Crippen LogP contribution is 2.25. The number of aromatic nitrogens is 1. The van der Waals surface area contributed by atoms with Gasteiger partial charge in [0, 0.05) is 31.0 Å². The van der Waals surface area contributed by atoms with Gasteiger partial charge < -0.3 is 10.2 Å². The molecule has 2 heterocycles. The van der Waals surface area contributed by atoms with Gasteiger partial charge in [-0.25, -0.2) is 8.42 Å². The summed E-state index contributed by atoms with van der Waals surface area (Å²) >= 11 is 0. The van der Waals surface area contributed by atoms with E-state index in [-0.39, 0.29) is 23.5 Å². The van der Waals surface area contributed by atoms with Crippen LogP contribution in [0.15, 0.2) is 18.3 Å². The molecule has 7 heteroatoms. The molecule has 0 bridgehead atoms. The normalized spacial score (nSPS) is 23.8. The summed E-state index contributed by atoms with van der Waals surface area (Å²) in [6.07, 6.45) is 4.43. The topological polar surface area (TPSA) is 79.4 Å². The maximum Gasteiger partial charge on any atom is 0.272 e. The average molecular weight is 309 g/mol. The maximum atomic E-state index is 12.4. The maximum absolute atomic E-state index is 12.4. The predicted octanol–water partition coefficient (Wildman–Crippen LogP) is 0.915. The molecule has 0 radical (unpaired) electrons. The lowest BCUT2D eigenvalue weighted by atomic mass is 10.2. The molecule has 1 saturated heterocycles. The van der Waals surface area contributed by atoms with E-state index < -0.39 is 9.84 Å². The quantitative estimate of drug-likeness (QED) is 0.894. The van der Waals surface area contributed by atoms with Gasteiger partial charge in [-0.3, -0.25) is 9.78 Å². The molecule has 1 aromatic heterocycles. The molecule has 0 aromatic carbocycles. The van der Waals surface area contributed by atoms with Crippen molar-refractivity contribution in [1.82, 2.24) is 9.88 Å². The zero-order chi connectivity index (χ0) is 15.0. The Morgan fingerprint density at radius 3 is 2.76 bits per heavy atom. The Hall–Kier alpha value is -1.63. The van der Waals surface area contributed by atoms with Crippen LogP contribution in [0, 0.1) is 0 Å². The summed E-state index contributed by atoms with van der Waals surface area (Å²) in [5.41, 5.74) is 1.25. The Labute approximate surface area is 124 Å². The molecular weight excluding hydrogens is 290 g/mol. The van der Waals surface area contributed by atoms with Crippen molar-refractivity contribution in [1.29, 1.82) is 0 Å². The molecular formula is C14H19N3O3S. The number of nitrogens with one attached hydrogen (secondary N) is 1. The minimum atomic E-state index is -3.00. The molecule has 1 N–H and O–H groups in total. The van der Waals surface area contributed by atoms with E-state index in [1.54, 1.807) is 19.3 Å². The fourth-order valence-corrected chi connectivity index (χ4v) is 4.30. The Kier molecular flexibility index (Phi) is 3.61. The molecule has 1 saturated carbocycles. The van der Waals surface area contributed by atoms with E-state index in [0.717, 1.165) is 18.5 Å². The lowest BCUT2D eigenvalue weighted by molar-refractivity contribution is 0.0742. The van der Waals surface area contributed by atoms with Crippen molar-refractivity contribution in [3.05, 3.63) is 24.0 Å². The van der Waals surface area contributed by atoms with E-state index in [1.807, 2.05) is 6.07 Å². The van der Waals surface area contributed by atoms with Gasteiger partial charge in [-0.1, -0.05) is 0 Å². The van der Waals surface area contributed by atoms with E-state index in [0.29, 0.717) is 18.2 Å². The first-order chi connectivity index (χ1) is 9.94. The van der Waals surface area contributed by atoms with Crippen molar-refractivity contribution >= 4 is 21.4 Å². The highest BCUT2D eigenvalue weighted by Gasteiger charge is 2.33. The third kappa shape index (κ3) is 3.34. The van der Waals surface area contributed by atoms with Crippen molar-refractivity contribution in [2.45, 2.75) is 31.3 Å². The number of sulfone groups is 1. The van der Waals surface area contributed by atoms with Gasteiger partial charge in [0.15, 0.2) is 9.84 Å². The molecule has 1 amide bonds. The van der Waals surface area contributed by atoms with Crippen LogP contribution in [0.2, 0.25) is 0 Å². The number of anilines is 1. The average Bonchev–Trinajstić information content (AvgIpc) is 3.19. The summed E-state index contributed by atoms with van der Waals surface area (Å²) in [5, 5.41) is 3.33. The Morgan fingerprint density at radius 1 is 1.38 bits per heavy atom. The van der Waals surface area contributed by atoms with E-state index in [9.17, 15) is 13.2 Å². The molecule has 1 aliphatic carbocycles. The summed E-state index contributed by atoms with van der Waals surface area (Å²) in [5.74, 6) is -0.0159. The fourth-order valence-electron chi connectivity index (χ4n) is 2.53. The SMILES string of the molecule is CN(C(=O)c1cc(NC2CC2)ccn1)C1CCS(=O)(=O)C1. The minimum Gasteiger partial charge on any atom is -0.382 e. The molecule has 1 aromatic rings. The molecule has 0 spiro atoms. The van der Waals surface area contributed by atoms with Gasteiger partial charge in [0.25, 0.3) is 5.91 Å². The molecule has 2 fully saturated rings. The zero-order valence-corrected chi connectivity index (χ0v) is 12.8. The first kappa shape index (κ1) is 14.3. The second-order valence-electron chi connectivity index (χ2n) is 5.82. The van der Waals surface area contributed by atoms with E-state index in [2.05, 4.69) is 10.3 Å². The predicted molar refractivity (Wildman–Crippen MR) is 80.0 cm³/mol. The number of carbonyl (C=O) groups is 1. The van der Waals surface area contributed by atoms with Gasteiger partial charge in [-0.05, 0) is 31.4 Å². The number of pyridine rings is 1. The van der Waals surface area contributed by atoms with Gasteiger partial charge in [0.05, 0.1) is 11.5 Å². The number of carbonyl (C=O) groups excluding carboxylic acids is 1. The van der Waals surface area contributed by atoms with Gasteiger partial charge in [-0.2, -0.15) is 0 Å². The number of nitrogens with zero attached hydrogens (tertiary/aromatic N) is 2. The zero-order valence-electron chi connectivity index (χ0n) is 11.9. The number of hydrogen-bond acceptors (Lipinski definition) is 5. The third-order valence-electron chi connectivity index (χ3n) is 4.00. The van der Waals surface area contributed by atoms with Crippen molar-refractivity contribution in [3.63, 3.8) is 0 Å². The number of hydrogen-bond donors (Lipinski definition) is 1. The summed E-state index contributed by atoms with van der Waals surface area (Å²) in [7, 11) is -1.35. The van der Waals surface area contributed by atoms with Crippen LogP contribution in [0.3, 0.4) is 0 Å². The van der Waals surface area contributed by atoms with Crippen LogP contribution in [0.5, 0.6) is 0 Å².